The highest BCUT2D eigenvalue weighted by Crippen LogP contribution is 2.28. The highest BCUT2D eigenvalue weighted by Gasteiger charge is 2.18. The van der Waals surface area contributed by atoms with Gasteiger partial charge in [0.2, 0.25) is 0 Å². The monoisotopic (exact) mass is 320 g/mol. The predicted octanol–water partition coefficient (Wildman–Crippen LogP) is 4.69. The Morgan fingerprint density at radius 3 is 2.30 bits per heavy atom. The molecule has 0 fully saturated rings. The Morgan fingerprint density at radius 2 is 1.60 bits per heavy atom. The van der Waals surface area contributed by atoms with Gasteiger partial charge in [-0.15, -0.1) is 0 Å². The molecule has 2 aromatic carbocycles. The molecule has 1 N–H and O–H groups in total. The van der Waals surface area contributed by atoms with Crippen LogP contribution in [0.1, 0.15) is 17.2 Å². The quantitative estimate of drug-likeness (QED) is 0.814. The maximum Gasteiger partial charge on any atom is 0.161 e. The summed E-state index contributed by atoms with van der Waals surface area (Å²) in [5.41, 5.74) is 0.149. The van der Waals surface area contributed by atoms with Gasteiger partial charge in [-0.05, 0) is 29.8 Å². The first-order valence-corrected chi connectivity index (χ1v) is 6.40. The van der Waals surface area contributed by atoms with E-state index in [1.54, 1.807) is 6.07 Å². The number of aliphatic hydroxyl groups excluding tert-OH is 1. The molecule has 1 atom stereocenters. The van der Waals surface area contributed by atoms with E-state index >= 15 is 0 Å². The third kappa shape index (κ3) is 3.26. The van der Waals surface area contributed by atoms with Crippen LogP contribution in [0.3, 0.4) is 0 Å². The van der Waals surface area contributed by atoms with E-state index in [2.05, 4.69) is 0 Å². The Morgan fingerprint density at radius 1 is 0.950 bits per heavy atom. The maximum atomic E-state index is 13.5. The van der Waals surface area contributed by atoms with Crippen LogP contribution in [0.4, 0.5) is 13.2 Å². The van der Waals surface area contributed by atoms with E-state index in [-0.39, 0.29) is 12.0 Å². The van der Waals surface area contributed by atoms with Crippen molar-refractivity contribution in [3.05, 3.63) is 69.0 Å². The summed E-state index contributed by atoms with van der Waals surface area (Å²) in [5.74, 6) is -3.55. The number of rotatable bonds is 3. The van der Waals surface area contributed by atoms with Crippen molar-refractivity contribution in [3.63, 3.8) is 0 Å². The minimum atomic E-state index is -1.36. The van der Waals surface area contributed by atoms with Crippen molar-refractivity contribution in [2.24, 2.45) is 0 Å². The molecule has 0 amide bonds. The van der Waals surface area contributed by atoms with E-state index in [4.69, 9.17) is 23.2 Å². The summed E-state index contributed by atoms with van der Waals surface area (Å²) in [6.07, 6.45) is -1.43. The Hall–Kier alpha value is -1.23. The highest BCUT2D eigenvalue weighted by atomic mass is 35.5. The lowest BCUT2D eigenvalue weighted by molar-refractivity contribution is 0.172. The number of benzene rings is 2. The third-order valence-electron chi connectivity index (χ3n) is 2.82. The fourth-order valence-electron chi connectivity index (χ4n) is 1.81. The second-order valence-electron chi connectivity index (χ2n) is 4.24. The first kappa shape index (κ1) is 15.2. The Kier molecular flexibility index (Phi) is 4.58. The summed E-state index contributed by atoms with van der Waals surface area (Å²) in [6, 6.07) is 5.65. The van der Waals surface area contributed by atoms with Crippen LogP contribution in [0, 0.1) is 17.5 Å². The van der Waals surface area contributed by atoms with Crippen molar-refractivity contribution >= 4 is 23.2 Å². The summed E-state index contributed by atoms with van der Waals surface area (Å²) in [5, 5.41) is 10.7. The molecule has 0 aliphatic rings. The van der Waals surface area contributed by atoms with E-state index in [0.29, 0.717) is 27.7 Å². The van der Waals surface area contributed by atoms with Gasteiger partial charge in [0.05, 0.1) is 6.10 Å². The molecule has 106 valence electrons. The summed E-state index contributed by atoms with van der Waals surface area (Å²) >= 11 is 11.7. The van der Waals surface area contributed by atoms with Crippen LogP contribution in [-0.2, 0) is 6.42 Å². The summed E-state index contributed by atoms with van der Waals surface area (Å²) < 4.78 is 39.5. The van der Waals surface area contributed by atoms with Gasteiger partial charge in [0, 0.05) is 28.1 Å². The smallest absolute Gasteiger partial charge is 0.161 e. The molecule has 0 heterocycles. The van der Waals surface area contributed by atoms with Gasteiger partial charge < -0.3 is 5.11 Å². The zero-order valence-electron chi connectivity index (χ0n) is 10.0. The topological polar surface area (TPSA) is 20.2 Å². The van der Waals surface area contributed by atoms with Crippen molar-refractivity contribution in [3.8, 4) is 0 Å². The third-order valence-corrected chi connectivity index (χ3v) is 3.42. The van der Waals surface area contributed by atoms with Gasteiger partial charge in [-0.3, -0.25) is 0 Å². The van der Waals surface area contributed by atoms with Crippen LogP contribution in [0.5, 0.6) is 0 Å². The molecule has 0 aliphatic heterocycles. The normalized spacial score (nSPS) is 12.5. The Balaban J connectivity index is 2.30. The standard InChI is InChI=1S/C14H9Cl2F3O/c15-8-1-2-10(16)7(3-8)4-14(20)9-5-12(18)13(19)6-11(9)17/h1-3,5-6,14,20H,4H2. The van der Waals surface area contributed by atoms with E-state index in [1.807, 2.05) is 0 Å². The molecule has 0 saturated heterocycles. The van der Waals surface area contributed by atoms with Crippen molar-refractivity contribution in [1.29, 1.82) is 0 Å². The molecule has 1 nitrogen and oxygen atoms in total. The molecule has 0 radical (unpaired) electrons. The summed E-state index contributed by atoms with van der Waals surface area (Å²) in [4.78, 5) is 0. The fourth-order valence-corrected chi connectivity index (χ4v) is 2.20. The van der Waals surface area contributed by atoms with Crippen molar-refractivity contribution in [2.45, 2.75) is 12.5 Å². The minimum Gasteiger partial charge on any atom is -0.388 e. The van der Waals surface area contributed by atoms with Gasteiger partial charge in [-0.1, -0.05) is 23.2 Å². The lowest BCUT2D eigenvalue weighted by Gasteiger charge is -2.13. The molecule has 0 spiro atoms. The van der Waals surface area contributed by atoms with Gasteiger partial charge in [0.1, 0.15) is 5.82 Å². The molecule has 1 unspecified atom stereocenters. The second kappa shape index (κ2) is 6.04. The fraction of sp³-hybridized carbons (Fsp3) is 0.143. The lowest BCUT2D eigenvalue weighted by atomic mass is 10.0. The molecular formula is C14H9Cl2F3O. The van der Waals surface area contributed by atoms with E-state index in [1.165, 1.54) is 12.1 Å². The van der Waals surface area contributed by atoms with Crippen LogP contribution in [0.2, 0.25) is 10.0 Å². The van der Waals surface area contributed by atoms with Gasteiger partial charge in [0.25, 0.3) is 0 Å². The van der Waals surface area contributed by atoms with Gasteiger partial charge in [0.15, 0.2) is 11.6 Å². The van der Waals surface area contributed by atoms with E-state index < -0.39 is 23.6 Å². The van der Waals surface area contributed by atoms with Crippen molar-refractivity contribution in [1.82, 2.24) is 0 Å². The van der Waals surface area contributed by atoms with Crippen LogP contribution in [0.25, 0.3) is 0 Å². The Labute approximate surface area is 123 Å². The first-order valence-electron chi connectivity index (χ1n) is 5.65. The van der Waals surface area contributed by atoms with Crippen LogP contribution in [-0.4, -0.2) is 5.11 Å². The lowest BCUT2D eigenvalue weighted by Crippen LogP contribution is -2.06. The molecule has 0 aromatic heterocycles. The van der Waals surface area contributed by atoms with Crippen LogP contribution in [0.15, 0.2) is 30.3 Å². The van der Waals surface area contributed by atoms with Crippen LogP contribution < -0.4 is 0 Å². The van der Waals surface area contributed by atoms with Gasteiger partial charge in [-0.25, -0.2) is 13.2 Å². The molecule has 2 rings (SSSR count). The molecule has 0 bridgehead atoms. The molecular weight excluding hydrogens is 312 g/mol. The molecule has 2 aromatic rings. The van der Waals surface area contributed by atoms with Crippen molar-refractivity contribution in [2.75, 3.05) is 0 Å². The maximum absolute atomic E-state index is 13.5. The number of halogens is 5. The zero-order chi connectivity index (χ0) is 14.9. The number of hydrogen-bond acceptors (Lipinski definition) is 1. The highest BCUT2D eigenvalue weighted by molar-refractivity contribution is 6.33. The number of hydrogen-bond donors (Lipinski definition) is 1. The molecule has 0 aliphatic carbocycles. The second-order valence-corrected chi connectivity index (χ2v) is 5.09. The van der Waals surface area contributed by atoms with E-state index in [9.17, 15) is 18.3 Å². The average Bonchev–Trinajstić information content (AvgIpc) is 2.38. The number of aliphatic hydroxyl groups is 1. The minimum absolute atomic E-state index is 0.0681. The Bertz CT molecular complexity index is 647. The zero-order valence-corrected chi connectivity index (χ0v) is 11.5. The largest absolute Gasteiger partial charge is 0.388 e. The van der Waals surface area contributed by atoms with E-state index in [0.717, 1.165) is 0 Å². The summed E-state index contributed by atoms with van der Waals surface area (Å²) in [6.45, 7) is 0. The van der Waals surface area contributed by atoms with Gasteiger partial charge >= 0.3 is 0 Å². The predicted molar refractivity (Wildman–Crippen MR) is 71.4 cm³/mol. The SMILES string of the molecule is OC(Cc1cc(Cl)ccc1Cl)c1cc(F)c(F)cc1F. The van der Waals surface area contributed by atoms with Crippen molar-refractivity contribution < 1.29 is 18.3 Å². The average molecular weight is 321 g/mol. The van der Waals surface area contributed by atoms with Crippen LogP contribution >= 0.6 is 23.2 Å². The van der Waals surface area contributed by atoms with Gasteiger partial charge in [-0.2, -0.15) is 0 Å². The molecule has 20 heavy (non-hydrogen) atoms. The molecule has 0 saturated carbocycles. The molecule has 6 heteroatoms. The summed E-state index contributed by atoms with van der Waals surface area (Å²) in [7, 11) is 0. The first-order chi connectivity index (χ1) is 9.38.